The maximum atomic E-state index is 13.3. The standard InChI is InChI=1S/C12H14F2N2O3S/c1-19-12(18)9(15)5-20-6-11(17)16-10-4-7(13)2-3-8(10)14/h2-4,9H,5-6,15H2,1H3,(H,16,17). The molecule has 110 valence electrons. The fourth-order valence-electron chi connectivity index (χ4n) is 1.28. The first-order valence-electron chi connectivity index (χ1n) is 5.60. The molecular weight excluding hydrogens is 290 g/mol. The van der Waals surface area contributed by atoms with Gasteiger partial charge in [0.15, 0.2) is 0 Å². The van der Waals surface area contributed by atoms with Crippen LogP contribution in [0.25, 0.3) is 0 Å². The lowest BCUT2D eigenvalue weighted by Crippen LogP contribution is -2.34. The number of rotatable bonds is 6. The molecule has 3 N–H and O–H groups in total. The summed E-state index contributed by atoms with van der Waals surface area (Å²) in [5.74, 6) is -2.32. The molecule has 20 heavy (non-hydrogen) atoms. The molecule has 0 heterocycles. The fraction of sp³-hybridized carbons (Fsp3) is 0.333. The second-order valence-corrected chi connectivity index (χ2v) is 4.85. The number of nitrogens with one attached hydrogen (secondary N) is 1. The summed E-state index contributed by atoms with van der Waals surface area (Å²) < 4.78 is 30.6. The summed E-state index contributed by atoms with van der Waals surface area (Å²) in [6.07, 6.45) is 0. The van der Waals surface area contributed by atoms with E-state index in [1.807, 2.05) is 0 Å². The van der Waals surface area contributed by atoms with Crippen LogP contribution >= 0.6 is 11.8 Å². The SMILES string of the molecule is COC(=O)C(N)CSCC(=O)Nc1cc(F)ccc1F. The van der Waals surface area contributed by atoms with Crippen molar-refractivity contribution in [1.29, 1.82) is 0 Å². The molecule has 0 saturated heterocycles. The highest BCUT2D eigenvalue weighted by Crippen LogP contribution is 2.15. The van der Waals surface area contributed by atoms with Crippen LogP contribution < -0.4 is 11.1 Å². The third-order valence-corrected chi connectivity index (χ3v) is 3.30. The third-order valence-electron chi connectivity index (χ3n) is 2.24. The first-order chi connectivity index (χ1) is 9.43. The normalized spacial score (nSPS) is 11.8. The number of benzene rings is 1. The molecule has 0 bridgehead atoms. The maximum absolute atomic E-state index is 13.3. The van der Waals surface area contributed by atoms with Gasteiger partial charge in [-0.3, -0.25) is 9.59 Å². The minimum absolute atomic E-state index is 0.0410. The summed E-state index contributed by atoms with van der Waals surface area (Å²) in [5, 5.41) is 2.24. The summed E-state index contributed by atoms with van der Waals surface area (Å²) >= 11 is 1.09. The van der Waals surface area contributed by atoms with Gasteiger partial charge < -0.3 is 15.8 Å². The van der Waals surface area contributed by atoms with Crippen LogP contribution in [0, 0.1) is 11.6 Å². The molecule has 0 aliphatic rings. The Hall–Kier alpha value is -1.67. The number of nitrogens with two attached hydrogens (primary N) is 1. The molecule has 0 aliphatic heterocycles. The minimum Gasteiger partial charge on any atom is -0.468 e. The number of hydrogen-bond acceptors (Lipinski definition) is 5. The van der Waals surface area contributed by atoms with Gasteiger partial charge in [0.1, 0.15) is 17.7 Å². The van der Waals surface area contributed by atoms with Crippen LogP contribution in [0.3, 0.4) is 0 Å². The number of carbonyl (C=O) groups is 2. The van der Waals surface area contributed by atoms with Crippen molar-refractivity contribution in [2.45, 2.75) is 6.04 Å². The third kappa shape index (κ3) is 5.14. The zero-order valence-electron chi connectivity index (χ0n) is 10.7. The van der Waals surface area contributed by atoms with Crippen LogP contribution in [0.1, 0.15) is 0 Å². The van der Waals surface area contributed by atoms with Crippen molar-refractivity contribution in [3.05, 3.63) is 29.8 Å². The van der Waals surface area contributed by atoms with Gasteiger partial charge >= 0.3 is 5.97 Å². The molecule has 1 amide bonds. The topological polar surface area (TPSA) is 81.4 Å². The number of thioether (sulfide) groups is 1. The minimum atomic E-state index is -0.830. The van der Waals surface area contributed by atoms with Gasteiger partial charge in [-0.15, -0.1) is 11.8 Å². The molecule has 1 rings (SSSR count). The first kappa shape index (κ1) is 16.4. The Kier molecular flexibility index (Phi) is 6.40. The largest absolute Gasteiger partial charge is 0.468 e. The van der Waals surface area contributed by atoms with Crippen molar-refractivity contribution in [2.24, 2.45) is 5.73 Å². The summed E-state index contributed by atoms with van der Waals surface area (Å²) in [6.45, 7) is 0. The molecule has 0 aromatic heterocycles. The van der Waals surface area contributed by atoms with E-state index in [4.69, 9.17) is 5.73 Å². The van der Waals surface area contributed by atoms with E-state index < -0.39 is 29.6 Å². The Bertz CT molecular complexity index is 500. The van der Waals surface area contributed by atoms with Crippen LogP contribution in [-0.2, 0) is 14.3 Å². The molecular formula is C12H14F2N2O3S. The average Bonchev–Trinajstić information content (AvgIpc) is 2.41. The van der Waals surface area contributed by atoms with E-state index >= 15 is 0 Å². The van der Waals surface area contributed by atoms with Crippen molar-refractivity contribution in [1.82, 2.24) is 0 Å². The van der Waals surface area contributed by atoms with Gasteiger partial charge in [0.05, 0.1) is 18.6 Å². The van der Waals surface area contributed by atoms with Crippen molar-refractivity contribution in [3.63, 3.8) is 0 Å². The van der Waals surface area contributed by atoms with E-state index in [1.54, 1.807) is 0 Å². The molecule has 1 atom stereocenters. The Labute approximate surface area is 118 Å². The maximum Gasteiger partial charge on any atom is 0.323 e. The van der Waals surface area contributed by atoms with Crippen molar-refractivity contribution < 1.29 is 23.1 Å². The van der Waals surface area contributed by atoms with Gasteiger partial charge in [0, 0.05) is 11.8 Å². The zero-order valence-corrected chi connectivity index (χ0v) is 11.5. The summed E-state index contributed by atoms with van der Waals surface area (Å²) in [5.41, 5.74) is 5.25. The van der Waals surface area contributed by atoms with Crippen LogP contribution in [0.2, 0.25) is 0 Å². The Morgan fingerprint density at radius 1 is 1.45 bits per heavy atom. The van der Waals surface area contributed by atoms with Gasteiger partial charge in [0.2, 0.25) is 5.91 Å². The van der Waals surface area contributed by atoms with Crippen molar-refractivity contribution in [2.75, 3.05) is 23.9 Å². The van der Waals surface area contributed by atoms with Crippen LogP contribution in [0.5, 0.6) is 0 Å². The number of ether oxygens (including phenoxy) is 1. The van der Waals surface area contributed by atoms with Gasteiger partial charge in [-0.1, -0.05) is 0 Å². The smallest absolute Gasteiger partial charge is 0.323 e. The molecule has 1 aromatic rings. The highest BCUT2D eigenvalue weighted by Gasteiger charge is 2.14. The highest BCUT2D eigenvalue weighted by molar-refractivity contribution is 8.00. The fourth-order valence-corrected chi connectivity index (χ4v) is 2.04. The highest BCUT2D eigenvalue weighted by atomic mass is 32.2. The van der Waals surface area contributed by atoms with E-state index in [1.165, 1.54) is 7.11 Å². The van der Waals surface area contributed by atoms with Gasteiger partial charge in [-0.05, 0) is 12.1 Å². The van der Waals surface area contributed by atoms with Crippen molar-refractivity contribution >= 4 is 29.3 Å². The van der Waals surface area contributed by atoms with E-state index in [0.29, 0.717) is 0 Å². The van der Waals surface area contributed by atoms with Crippen LogP contribution in [-0.4, -0.2) is 36.5 Å². The zero-order chi connectivity index (χ0) is 15.1. The Balaban J connectivity index is 2.41. The lowest BCUT2D eigenvalue weighted by atomic mass is 10.3. The molecule has 0 fully saturated rings. The number of esters is 1. The van der Waals surface area contributed by atoms with Gasteiger partial charge in [-0.25, -0.2) is 8.78 Å². The number of anilines is 1. The predicted molar refractivity (Wildman–Crippen MR) is 72.3 cm³/mol. The van der Waals surface area contributed by atoms with Gasteiger partial charge in [-0.2, -0.15) is 0 Å². The molecule has 0 radical (unpaired) electrons. The molecule has 0 aliphatic carbocycles. The average molecular weight is 304 g/mol. The molecule has 0 spiro atoms. The van der Waals surface area contributed by atoms with Crippen LogP contribution in [0.15, 0.2) is 18.2 Å². The van der Waals surface area contributed by atoms with E-state index in [0.717, 1.165) is 30.0 Å². The molecule has 8 heteroatoms. The van der Waals surface area contributed by atoms with E-state index in [2.05, 4.69) is 10.1 Å². The number of halogens is 2. The molecule has 0 saturated carbocycles. The summed E-state index contributed by atoms with van der Waals surface area (Å²) in [4.78, 5) is 22.5. The number of amides is 1. The van der Waals surface area contributed by atoms with Crippen LogP contribution in [0.4, 0.5) is 14.5 Å². The monoisotopic (exact) mass is 304 g/mol. The first-order valence-corrected chi connectivity index (χ1v) is 6.75. The second-order valence-electron chi connectivity index (χ2n) is 3.82. The molecule has 1 unspecified atom stereocenters. The van der Waals surface area contributed by atoms with Crippen molar-refractivity contribution in [3.8, 4) is 0 Å². The van der Waals surface area contributed by atoms with E-state index in [9.17, 15) is 18.4 Å². The number of carbonyl (C=O) groups excluding carboxylic acids is 2. The lowest BCUT2D eigenvalue weighted by molar-refractivity contribution is -0.141. The van der Waals surface area contributed by atoms with E-state index in [-0.39, 0.29) is 17.2 Å². The number of hydrogen-bond donors (Lipinski definition) is 2. The predicted octanol–water partition coefficient (Wildman–Crippen LogP) is 1.14. The number of methoxy groups -OCH3 is 1. The summed E-state index contributed by atoms with van der Waals surface area (Å²) in [6, 6.07) is 1.93. The Morgan fingerprint density at radius 3 is 2.80 bits per heavy atom. The molecule has 5 nitrogen and oxygen atoms in total. The Morgan fingerprint density at radius 2 is 2.15 bits per heavy atom. The summed E-state index contributed by atoms with van der Waals surface area (Å²) in [7, 11) is 1.21. The molecule has 1 aromatic carbocycles. The quantitative estimate of drug-likeness (QED) is 0.770. The second kappa shape index (κ2) is 7.81. The lowest BCUT2D eigenvalue weighted by Gasteiger charge is -2.09. The van der Waals surface area contributed by atoms with Gasteiger partial charge in [0.25, 0.3) is 0 Å².